The van der Waals surface area contributed by atoms with Crippen LogP contribution in [0.5, 0.6) is 0 Å². The largest absolute Gasteiger partial charge is 0.355 e. The Kier molecular flexibility index (Phi) is 7.70. The van der Waals surface area contributed by atoms with E-state index in [-0.39, 0.29) is 49.4 Å². The molecule has 2 N–H and O–H groups in total. The Balaban J connectivity index is 0.00000261. The number of amides is 1. The molecule has 3 rings (SSSR count). The number of hydrogen-bond donors (Lipinski definition) is 2. The number of rotatable bonds is 6. The van der Waals surface area contributed by atoms with Gasteiger partial charge in [-0.25, -0.2) is 13.8 Å². The second-order valence-electron chi connectivity index (χ2n) is 6.39. The van der Waals surface area contributed by atoms with Gasteiger partial charge >= 0.3 is 0 Å². The lowest BCUT2D eigenvalue weighted by atomic mass is 10.1. The highest BCUT2D eigenvalue weighted by atomic mass is 35.5. The van der Waals surface area contributed by atoms with Crippen LogP contribution in [0.25, 0.3) is 0 Å². The Morgan fingerprint density at radius 2 is 2.11 bits per heavy atom. The number of aryl methyl sites for hydroxylation is 1. The fourth-order valence-corrected chi connectivity index (χ4v) is 3.23. The highest BCUT2D eigenvalue weighted by Crippen LogP contribution is 2.19. The summed E-state index contributed by atoms with van der Waals surface area (Å²) in [4.78, 5) is 18.7. The molecule has 9 heteroatoms. The number of nitrogens with one attached hydrogen (secondary N) is 2. The molecule has 1 aromatic heterocycles. The molecule has 0 spiro atoms. The van der Waals surface area contributed by atoms with E-state index in [1.54, 1.807) is 6.20 Å². The minimum absolute atomic E-state index is 0. The fourth-order valence-electron chi connectivity index (χ4n) is 3.23. The summed E-state index contributed by atoms with van der Waals surface area (Å²) in [6.45, 7) is 2.66. The number of imidazole rings is 1. The van der Waals surface area contributed by atoms with E-state index in [0.29, 0.717) is 0 Å². The minimum Gasteiger partial charge on any atom is -0.355 e. The summed E-state index contributed by atoms with van der Waals surface area (Å²) >= 11 is 0. The number of aromatic nitrogens is 2. The molecule has 0 aliphatic carbocycles. The van der Waals surface area contributed by atoms with Crippen LogP contribution in [0, 0.1) is 11.6 Å². The summed E-state index contributed by atoms with van der Waals surface area (Å²) in [6.07, 6.45) is 3.74. The standard InChI is InChI=1S/C18H23F2N5O.ClH/c1-24-9-8-23-18(24)16-11-21-7-10-25(16)12-17(26)22-6-5-13-14(19)3-2-4-15(13)20;/h2-4,8-9,16,21H,5-7,10-12H2,1H3,(H,22,26);1H. The van der Waals surface area contributed by atoms with E-state index in [0.717, 1.165) is 25.5 Å². The first-order chi connectivity index (χ1) is 12.6. The van der Waals surface area contributed by atoms with Crippen LogP contribution < -0.4 is 10.6 Å². The molecule has 1 aromatic carbocycles. The second-order valence-corrected chi connectivity index (χ2v) is 6.39. The maximum atomic E-state index is 13.6. The van der Waals surface area contributed by atoms with Gasteiger partial charge in [0.2, 0.25) is 5.91 Å². The van der Waals surface area contributed by atoms with Gasteiger partial charge in [-0.3, -0.25) is 9.69 Å². The first kappa shape index (κ1) is 21.3. The SMILES string of the molecule is Cl.Cn1ccnc1C1CNCCN1CC(=O)NCCc1c(F)cccc1F. The van der Waals surface area contributed by atoms with Gasteiger partial charge in [-0.2, -0.15) is 0 Å². The molecule has 1 atom stereocenters. The zero-order valence-corrected chi connectivity index (χ0v) is 15.9. The molecule has 0 bridgehead atoms. The van der Waals surface area contributed by atoms with Gasteiger partial charge in [-0.15, -0.1) is 12.4 Å². The van der Waals surface area contributed by atoms with Crippen LogP contribution >= 0.6 is 12.4 Å². The van der Waals surface area contributed by atoms with Crippen LogP contribution in [0.4, 0.5) is 8.78 Å². The summed E-state index contributed by atoms with van der Waals surface area (Å²) < 4.78 is 29.2. The number of hydrogen-bond acceptors (Lipinski definition) is 4. The number of halogens is 3. The van der Waals surface area contributed by atoms with E-state index in [1.807, 2.05) is 17.8 Å². The first-order valence-corrected chi connectivity index (χ1v) is 8.68. The van der Waals surface area contributed by atoms with Crippen molar-refractivity contribution in [2.45, 2.75) is 12.5 Å². The van der Waals surface area contributed by atoms with Crippen molar-refractivity contribution in [2.75, 3.05) is 32.7 Å². The lowest BCUT2D eigenvalue weighted by Gasteiger charge is -2.35. The van der Waals surface area contributed by atoms with E-state index in [4.69, 9.17) is 0 Å². The van der Waals surface area contributed by atoms with E-state index in [9.17, 15) is 13.6 Å². The Hall–Kier alpha value is -2.03. The van der Waals surface area contributed by atoms with Gasteiger partial charge in [0.15, 0.2) is 0 Å². The van der Waals surface area contributed by atoms with Crippen LogP contribution in [0.15, 0.2) is 30.6 Å². The Bertz CT molecular complexity index is 750. The normalized spacial score (nSPS) is 17.4. The highest BCUT2D eigenvalue weighted by Gasteiger charge is 2.28. The van der Waals surface area contributed by atoms with E-state index >= 15 is 0 Å². The topological polar surface area (TPSA) is 62.2 Å². The van der Waals surface area contributed by atoms with Crippen LogP contribution in [0.2, 0.25) is 0 Å². The Labute approximate surface area is 163 Å². The number of carbonyl (C=O) groups is 1. The van der Waals surface area contributed by atoms with E-state index < -0.39 is 11.6 Å². The fraction of sp³-hybridized carbons (Fsp3) is 0.444. The van der Waals surface area contributed by atoms with Gasteiger partial charge in [0.1, 0.15) is 17.5 Å². The lowest BCUT2D eigenvalue weighted by Crippen LogP contribution is -2.50. The van der Waals surface area contributed by atoms with Gasteiger partial charge in [-0.1, -0.05) is 6.07 Å². The zero-order valence-electron chi connectivity index (χ0n) is 15.1. The van der Waals surface area contributed by atoms with Crippen molar-refractivity contribution in [1.29, 1.82) is 0 Å². The van der Waals surface area contributed by atoms with Gasteiger partial charge in [-0.05, 0) is 18.6 Å². The first-order valence-electron chi connectivity index (χ1n) is 8.68. The van der Waals surface area contributed by atoms with E-state index in [1.165, 1.54) is 18.2 Å². The molecule has 1 unspecified atom stereocenters. The number of nitrogens with zero attached hydrogens (tertiary/aromatic N) is 3. The van der Waals surface area contributed by atoms with Crippen molar-refractivity contribution in [3.05, 3.63) is 53.6 Å². The average Bonchev–Trinajstić information content (AvgIpc) is 3.04. The molecule has 1 fully saturated rings. The number of piperazine rings is 1. The third kappa shape index (κ3) is 5.24. The smallest absolute Gasteiger partial charge is 0.234 e. The van der Waals surface area contributed by atoms with Gasteiger partial charge < -0.3 is 15.2 Å². The molecule has 1 saturated heterocycles. The average molecular weight is 400 g/mol. The van der Waals surface area contributed by atoms with Crippen LogP contribution in [0.3, 0.4) is 0 Å². The monoisotopic (exact) mass is 399 g/mol. The molecule has 2 aromatic rings. The van der Waals surface area contributed by atoms with Crippen molar-refractivity contribution in [3.8, 4) is 0 Å². The van der Waals surface area contributed by atoms with Crippen molar-refractivity contribution in [2.24, 2.45) is 7.05 Å². The summed E-state index contributed by atoms with van der Waals surface area (Å²) in [5.74, 6) is -0.436. The van der Waals surface area contributed by atoms with Gasteiger partial charge in [0, 0.05) is 51.2 Å². The minimum atomic E-state index is -0.587. The second kappa shape index (κ2) is 9.77. The zero-order chi connectivity index (χ0) is 18.5. The quantitative estimate of drug-likeness (QED) is 0.771. The summed E-state index contributed by atoms with van der Waals surface area (Å²) in [5.41, 5.74) is 0.000796. The molecule has 0 saturated carbocycles. The predicted octanol–water partition coefficient (Wildman–Crippen LogP) is 1.43. The maximum Gasteiger partial charge on any atom is 0.234 e. The van der Waals surface area contributed by atoms with Crippen molar-refractivity contribution >= 4 is 18.3 Å². The van der Waals surface area contributed by atoms with Crippen LogP contribution in [0.1, 0.15) is 17.4 Å². The Morgan fingerprint density at radius 3 is 2.78 bits per heavy atom. The maximum absolute atomic E-state index is 13.6. The van der Waals surface area contributed by atoms with Crippen molar-refractivity contribution in [1.82, 2.24) is 25.1 Å². The number of benzene rings is 1. The molecule has 6 nitrogen and oxygen atoms in total. The highest BCUT2D eigenvalue weighted by molar-refractivity contribution is 5.85. The van der Waals surface area contributed by atoms with E-state index in [2.05, 4.69) is 20.5 Å². The number of carbonyl (C=O) groups excluding carboxylic acids is 1. The Morgan fingerprint density at radius 1 is 1.37 bits per heavy atom. The lowest BCUT2D eigenvalue weighted by molar-refractivity contribution is -0.123. The van der Waals surface area contributed by atoms with Crippen molar-refractivity contribution < 1.29 is 13.6 Å². The third-order valence-corrected chi connectivity index (χ3v) is 4.62. The third-order valence-electron chi connectivity index (χ3n) is 4.62. The molecule has 1 aliphatic heterocycles. The van der Waals surface area contributed by atoms with Crippen LogP contribution in [-0.2, 0) is 18.3 Å². The van der Waals surface area contributed by atoms with Crippen molar-refractivity contribution in [3.63, 3.8) is 0 Å². The van der Waals surface area contributed by atoms with Gasteiger partial charge in [0.25, 0.3) is 0 Å². The molecule has 0 radical (unpaired) electrons. The molecule has 27 heavy (non-hydrogen) atoms. The summed E-state index contributed by atoms with van der Waals surface area (Å²) in [7, 11) is 1.93. The van der Waals surface area contributed by atoms with Gasteiger partial charge in [0.05, 0.1) is 12.6 Å². The molecule has 148 valence electrons. The predicted molar refractivity (Wildman–Crippen MR) is 101 cm³/mol. The van der Waals surface area contributed by atoms with Crippen LogP contribution in [-0.4, -0.2) is 53.1 Å². The molecule has 2 heterocycles. The molecule has 1 aliphatic rings. The summed E-state index contributed by atoms with van der Waals surface area (Å²) in [6, 6.07) is 3.78. The molecule has 1 amide bonds. The molecular weight excluding hydrogens is 376 g/mol. The molecular formula is C18H24ClF2N5O. The summed E-state index contributed by atoms with van der Waals surface area (Å²) in [5, 5.41) is 6.07.